The molecule has 1 atom stereocenters. The van der Waals surface area contributed by atoms with E-state index in [-0.39, 0.29) is 5.82 Å². The number of rotatable bonds is 4. The smallest absolute Gasteiger partial charge is 0.123 e. The van der Waals surface area contributed by atoms with E-state index in [1.807, 2.05) is 6.07 Å². The third-order valence-corrected chi connectivity index (χ3v) is 3.87. The summed E-state index contributed by atoms with van der Waals surface area (Å²) in [5.74, 6) is -0.222. The standard InChI is InChI=1S/C13H15FOS/c1-2-3-4-11(15)13-8-9-7-10(14)5-6-12(9)16-13/h5-8,11,15H,2-4H2,1H3. The van der Waals surface area contributed by atoms with E-state index >= 15 is 0 Å². The minimum Gasteiger partial charge on any atom is -0.388 e. The van der Waals surface area contributed by atoms with Crippen LogP contribution in [0.15, 0.2) is 24.3 Å². The molecule has 3 heteroatoms. The predicted octanol–water partition coefficient (Wildman–Crippen LogP) is 4.26. The molecule has 0 aliphatic rings. The van der Waals surface area contributed by atoms with Gasteiger partial charge < -0.3 is 5.11 Å². The van der Waals surface area contributed by atoms with Crippen molar-refractivity contribution in [1.82, 2.24) is 0 Å². The molecule has 2 aromatic rings. The van der Waals surface area contributed by atoms with Crippen LogP contribution >= 0.6 is 11.3 Å². The van der Waals surface area contributed by atoms with Gasteiger partial charge in [0.1, 0.15) is 5.82 Å². The van der Waals surface area contributed by atoms with Gasteiger partial charge in [-0.05, 0) is 36.1 Å². The lowest BCUT2D eigenvalue weighted by atomic mass is 10.1. The molecule has 0 radical (unpaired) electrons. The number of aliphatic hydroxyl groups is 1. The highest BCUT2D eigenvalue weighted by Crippen LogP contribution is 2.32. The Balaban J connectivity index is 2.25. The highest BCUT2D eigenvalue weighted by atomic mass is 32.1. The molecule has 1 aromatic heterocycles. The quantitative estimate of drug-likeness (QED) is 0.843. The SMILES string of the molecule is CCCCC(O)c1cc2cc(F)ccc2s1. The largest absolute Gasteiger partial charge is 0.388 e. The summed E-state index contributed by atoms with van der Waals surface area (Å²) in [6.45, 7) is 2.10. The molecular formula is C13H15FOS. The first kappa shape index (κ1) is 11.6. The Hall–Kier alpha value is -0.930. The van der Waals surface area contributed by atoms with E-state index in [2.05, 4.69) is 6.92 Å². The van der Waals surface area contributed by atoms with Crippen molar-refractivity contribution in [3.05, 3.63) is 35.0 Å². The van der Waals surface area contributed by atoms with Crippen molar-refractivity contribution in [2.24, 2.45) is 0 Å². The summed E-state index contributed by atoms with van der Waals surface area (Å²) < 4.78 is 14.0. The molecule has 1 N–H and O–H groups in total. The molecule has 16 heavy (non-hydrogen) atoms. The molecule has 86 valence electrons. The molecule has 0 aliphatic heterocycles. The molecule has 1 heterocycles. The van der Waals surface area contributed by atoms with Crippen LogP contribution < -0.4 is 0 Å². The Kier molecular flexibility index (Phi) is 3.56. The van der Waals surface area contributed by atoms with Crippen LogP contribution in [0.4, 0.5) is 4.39 Å². The minimum absolute atomic E-state index is 0.222. The van der Waals surface area contributed by atoms with Crippen molar-refractivity contribution < 1.29 is 9.50 Å². The van der Waals surface area contributed by atoms with Gasteiger partial charge in [-0.25, -0.2) is 4.39 Å². The monoisotopic (exact) mass is 238 g/mol. The van der Waals surface area contributed by atoms with Crippen molar-refractivity contribution >= 4 is 21.4 Å². The molecular weight excluding hydrogens is 223 g/mol. The molecule has 0 aliphatic carbocycles. The van der Waals surface area contributed by atoms with Gasteiger partial charge in [-0.2, -0.15) is 0 Å². The molecule has 0 saturated carbocycles. The first-order valence-corrected chi connectivity index (χ1v) is 6.39. The van der Waals surface area contributed by atoms with Crippen molar-refractivity contribution in [1.29, 1.82) is 0 Å². The van der Waals surface area contributed by atoms with Gasteiger partial charge in [-0.3, -0.25) is 0 Å². The van der Waals surface area contributed by atoms with Crippen molar-refractivity contribution in [2.75, 3.05) is 0 Å². The summed E-state index contributed by atoms with van der Waals surface area (Å²) in [4.78, 5) is 0.939. The number of fused-ring (bicyclic) bond motifs is 1. The van der Waals surface area contributed by atoms with Crippen molar-refractivity contribution in [3.63, 3.8) is 0 Å². The lowest BCUT2D eigenvalue weighted by Crippen LogP contribution is -1.93. The first-order valence-electron chi connectivity index (χ1n) is 5.57. The predicted molar refractivity (Wildman–Crippen MR) is 66.3 cm³/mol. The molecule has 0 spiro atoms. The number of benzene rings is 1. The van der Waals surface area contributed by atoms with Crippen LogP contribution in [-0.4, -0.2) is 5.11 Å². The summed E-state index contributed by atoms with van der Waals surface area (Å²) in [5, 5.41) is 10.8. The van der Waals surface area contributed by atoms with E-state index in [4.69, 9.17) is 0 Å². The number of thiophene rings is 1. The third-order valence-electron chi connectivity index (χ3n) is 2.66. The van der Waals surface area contributed by atoms with Crippen LogP contribution in [0, 0.1) is 5.82 Å². The summed E-state index contributed by atoms with van der Waals surface area (Å²) >= 11 is 1.55. The Morgan fingerprint density at radius 3 is 2.94 bits per heavy atom. The fourth-order valence-corrected chi connectivity index (χ4v) is 2.80. The number of hydrogen-bond acceptors (Lipinski definition) is 2. The second kappa shape index (κ2) is 4.93. The zero-order valence-electron chi connectivity index (χ0n) is 9.24. The number of unbranched alkanes of at least 4 members (excludes halogenated alkanes) is 1. The van der Waals surface area contributed by atoms with E-state index < -0.39 is 6.10 Å². The number of halogens is 1. The van der Waals surface area contributed by atoms with E-state index in [0.717, 1.165) is 34.2 Å². The highest BCUT2D eigenvalue weighted by molar-refractivity contribution is 7.19. The maximum absolute atomic E-state index is 13.0. The third kappa shape index (κ3) is 2.42. The normalized spacial score (nSPS) is 13.2. The summed E-state index contributed by atoms with van der Waals surface area (Å²) in [6.07, 6.45) is 2.48. The molecule has 1 nitrogen and oxygen atoms in total. The lowest BCUT2D eigenvalue weighted by molar-refractivity contribution is 0.168. The average Bonchev–Trinajstić information content (AvgIpc) is 2.68. The summed E-state index contributed by atoms with van der Waals surface area (Å²) in [5.41, 5.74) is 0. The summed E-state index contributed by atoms with van der Waals surface area (Å²) in [7, 11) is 0. The molecule has 2 rings (SSSR count). The Morgan fingerprint density at radius 1 is 1.38 bits per heavy atom. The fourth-order valence-electron chi connectivity index (χ4n) is 1.74. The van der Waals surface area contributed by atoms with Gasteiger partial charge in [0.15, 0.2) is 0 Å². The van der Waals surface area contributed by atoms with Crippen molar-refractivity contribution in [2.45, 2.75) is 32.3 Å². The Labute approximate surface area is 98.5 Å². The Morgan fingerprint density at radius 2 is 2.19 bits per heavy atom. The molecule has 1 aromatic carbocycles. The molecule has 0 bridgehead atoms. The fraction of sp³-hybridized carbons (Fsp3) is 0.385. The molecule has 1 unspecified atom stereocenters. The van der Waals surface area contributed by atoms with Crippen LogP contribution in [-0.2, 0) is 0 Å². The zero-order chi connectivity index (χ0) is 11.5. The minimum atomic E-state index is -0.402. The van der Waals surface area contributed by atoms with Gasteiger partial charge in [0, 0.05) is 9.58 Å². The maximum Gasteiger partial charge on any atom is 0.123 e. The number of aliphatic hydroxyl groups excluding tert-OH is 1. The molecule has 0 saturated heterocycles. The van der Waals surface area contributed by atoms with Crippen LogP contribution in [0.1, 0.15) is 37.2 Å². The van der Waals surface area contributed by atoms with E-state index in [0.29, 0.717) is 0 Å². The first-order chi connectivity index (χ1) is 7.70. The van der Waals surface area contributed by atoms with Gasteiger partial charge >= 0.3 is 0 Å². The van der Waals surface area contributed by atoms with Crippen LogP contribution in [0.5, 0.6) is 0 Å². The average molecular weight is 238 g/mol. The van der Waals surface area contributed by atoms with E-state index in [9.17, 15) is 9.50 Å². The van der Waals surface area contributed by atoms with Gasteiger partial charge in [0.25, 0.3) is 0 Å². The second-order valence-corrected chi connectivity index (χ2v) is 5.10. The van der Waals surface area contributed by atoms with Crippen LogP contribution in [0.3, 0.4) is 0 Å². The number of hydrogen-bond donors (Lipinski definition) is 1. The van der Waals surface area contributed by atoms with Crippen LogP contribution in [0.2, 0.25) is 0 Å². The topological polar surface area (TPSA) is 20.2 Å². The van der Waals surface area contributed by atoms with Crippen molar-refractivity contribution in [3.8, 4) is 0 Å². The van der Waals surface area contributed by atoms with Gasteiger partial charge in [0.2, 0.25) is 0 Å². The van der Waals surface area contributed by atoms with Crippen LogP contribution in [0.25, 0.3) is 10.1 Å². The highest BCUT2D eigenvalue weighted by Gasteiger charge is 2.11. The molecule has 0 amide bonds. The summed E-state index contributed by atoms with van der Waals surface area (Å²) in [6, 6.07) is 6.64. The maximum atomic E-state index is 13.0. The van der Waals surface area contributed by atoms with E-state index in [1.165, 1.54) is 12.1 Å². The van der Waals surface area contributed by atoms with Gasteiger partial charge in [-0.1, -0.05) is 19.8 Å². The van der Waals surface area contributed by atoms with E-state index in [1.54, 1.807) is 17.4 Å². The van der Waals surface area contributed by atoms with Gasteiger partial charge in [0.05, 0.1) is 6.10 Å². The molecule has 0 fully saturated rings. The second-order valence-electron chi connectivity index (χ2n) is 3.99. The zero-order valence-corrected chi connectivity index (χ0v) is 10.1. The Bertz CT molecular complexity index is 478. The van der Waals surface area contributed by atoms with Gasteiger partial charge in [-0.15, -0.1) is 11.3 Å². The lowest BCUT2D eigenvalue weighted by Gasteiger charge is -2.05.